The van der Waals surface area contributed by atoms with Gasteiger partial charge < -0.3 is 9.63 Å². The molecule has 3 nitrogen and oxygen atoms in total. The van der Waals surface area contributed by atoms with Crippen molar-refractivity contribution >= 4 is 15.9 Å². The Balaban J connectivity index is 2.20. The average Bonchev–Trinajstić information content (AvgIpc) is 2.94. The van der Waals surface area contributed by atoms with Crippen LogP contribution in [0.1, 0.15) is 5.56 Å². The van der Waals surface area contributed by atoms with Crippen molar-refractivity contribution in [2.75, 3.05) is 0 Å². The Kier molecular flexibility index (Phi) is 4.04. The summed E-state index contributed by atoms with van der Waals surface area (Å²) in [5, 5.41) is 13.5. The fraction of sp³-hybridized carbons (Fsp3) is 0.0625. The lowest BCUT2D eigenvalue weighted by atomic mass is 10.0. The molecule has 0 spiro atoms. The number of aliphatic hydroxyl groups is 1. The molecule has 0 amide bonds. The number of benzene rings is 2. The van der Waals surface area contributed by atoms with Crippen molar-refractivity contribution in [1.29, 1.82) is 0 Å². The molecule has 0 aliphatic carbocycles. The van der Waals surface area contributed by atoms with Crippen LogP contribution in [0.3, 0.4) is 0 Å². The summed E-state index contributed by atoms with van der Waals surface area (Å²) in [5.74, 6) is -2.00. The van der Waals surface area contributed by atoms with Gasteiger partial charge in [-0.1, -0.05) is 45.4 Å². The SMILES string of the molecule is OCc1c(-c2ccccc2Br)noc1-c1cccc(F)c1F. The van der Waals surface area contributed by atoms with Gasteiger partial charge in [0, 0.05) is 10.0 Å². The number of nitrogens with zero attached hydrogens (tertiary/aromatic N) is 1. The smallest absolute Gasteiger partial charge is 0.176 e. The number of rotatable bonds is 3. The van der Waals surface area contributed by atoms with E-state index in [0.717, 1.165) is 10.5 Å². The van der Waals surface area contributed by atoms with E-state index in [1.807, 2.05) is 12.1 Å². The third-order valence-corrected chi connectivity index (χ3v) is 3.96. The van der Waals surface area contributed by atoms with Gasteiger partial charge in [0.1, 0.15) is 5.69 Å². The maximum Gasteiger partial charge on any atom is 0.176 e. The van der Waals surface area contributed by atoms with Gasteiger partial charge >= 0.3 is 0 Å². The number of aromatic nitrogens is 1. The quantitative estimate of drug-likeness (QED) is 0.740. The van der Waals surface area contributed by atoms with Gasteiger partial charge in [0.05, 0.1) is 17.7 Å². The second-order valence-corrected chi connectivity index (χ2v) is 5.43. The van der Waals surface area contributed by atoms with Gasteiger partial charge in [0.25, 0.3) is 0 Å². The summed E-state index contributed by atoms with van der Waals surface area (Å²) >= 11 is 3.39. The molecule has 0 fully saturated rings. The van der Waals surface area contributed by atoms with E-state index < -0.39 is 18.2 Å². The zero-order chi connectivity index (χ0) is 15.7. The Bertz CT molecular complexity index is 833. The van der Waals surface area contributed by atoms with Gasteiger partial charge in [-0.2, -0.15) is 0 Å². The van der Waals surface area contributed by atoms with Crippen molar-refractivity contribution in [2.24, 2.45) is 0 Å². The van der Waals surface area contributed by atoms with E-state index in [1.165, 1.54) is 12.1 Å². The average molecular weight is 366 g/mol. The van der Waals surface area contributed by atoms with Crippen LogP contribution in [0, 0.1) is 11.6 Å². The second-order valence-electron chi connectivity index (χ2n) is 4.58. The van der Waals surface area contributed by atoms with Gasteiger partial charge in [-0.05, 0) is 18.2 Å². The van der Waals surface area contributed by atoms with Crippen molar-refractivity contribution in [1.82, 2.24) is 5.16 Å². The third kappa shape index (κ3) is 2.44. The molecule has 1 heterocycles. The van der Waals surface area contributed by atoms with Gasteiger partial charge in [0.2, 0.25) is 0 Å². The van der Waals surface area contributed by atoms with Crippen LogP contribution in [0.4, 0.5) is 8.78 Å². The molecule has 6 heteroatoms. The largest absolute Gasteiger partial charge is 0.391 e. The Morgan fingerprint density at radius 2 is 1.77 bits per heavy atom. The van der Waals surface area contributed by atoms with E-state index in [9.17, 15) is 13.9 Å². The lowest BCUT2D eigenvalue weighted by Gasteiger charge is -2.04. The number of hydrogen-bond donors (Lipinski definition) is 1. The lowest BCUT2D eigenvalue weighted by Crippen LogP contribution is -1.93. The molecule has 3 rings (SSSR count). The van der Waals surface area contributed by atoms with Crippen LogP contribution in [-0.2, 0) is 6.61 Å². The van der Waals surface area contributed by atoms with E-state index in [4.69, 9.17) is 4.52 Å². The maximum atomic E-state index is 13.9. The van der Waals surface area contributed by atoms with Crippen LogP contribution < -0.4 is 0 Å². The minimum atomic E-state index is -1.04. The first kappa shape index (κ1) is 14.9. The Hall–Kier alpha value is -2.05. The summed E-state index contributed by atoms with van der Waals surface area (Å²) in [5.41, 5.74) is 1.30. The third-order valence-electron chi connectivity index (χ3n) is 3.27. The van der Waals surface area contributed by atoms with Gasteiger partial charge in [0.15, 0.2) is 17.4 Å². The zero-order valence-corrected chi connectivity index (χ0v) is 12.8. The van der Waals surface area contributed by atoms with Crippen molar-refractivity contribution in [3.8, 4) is 22.6 Å². The molecule has 1 aromatic heterocycles. The molecule has 0 aliphatic rings. The monoisotopic (exact) mass is 365 g/mol. The highest BCUT2D eigenvalue weighted by Crippen LogP contribution is 2.36. The van der Waals surface area contributed by atoms with Gasteiger partial charge in [-0.25, -0.2) is 8.78 Å². The molecule has 0 bridgehead atoms. The summed E-state index contributed by atoms with van der Waals surface area (Å²) in [6.07, 6.45) is 0. The summed E-state index contributed by atoms with van der Waals surface area (Å²) < 4.78 is 33.3. The molecule has 0 saturated carbocycles. The molecule has 0 saturated heterocycles. The fourth-order valence-corrected chi connectivity index (χ4v) is 2.68. The molecule has 0 unspecified atom stereocenters. The van der Waals surface area contributed by atoms with Crippen LogP contribution >= 0.6 is 15.9 Å². The van der Waals surface area contributed by atoms with E-state index in [0.29, 0.717) is 16.8 Å². The minimum absolute atomic E-state index is 0.0188. The van der Waals surface area contributed by atoms with Crippen LogP contribution in [0.2, 0.25) is 0 Å². The Morgan fingerprint density at radius 3 is 2.50 bits per heavy atom. The van der Waals surface area contributed by atoms with Crippen LogP contribution in [-0.4, -0.2) is 10.3 Å². The molecular formula is C16H10BrF2NO2. The van der Waals surface area contributed by atoms with Crippen LogP contribution in [0.25, 0.3) is 22.6 Å². The van der Waals surface area contributed by atoms with E-state index in [1.54, 1.807) is 12.1 Å². The molecule has 0 atom stereocenters. The molecular weight excluding hydrogens is 356 g/mol. The summed E-state index contributed by atoms with van der Waals surface area (Å²) in [4.78, 5) is 0. The Labute approximate surface area is 133 Å². The number of hydrogen-bond acceptors (Lipinski definition) is 3. The topological polar surface area (TPSA) is 46.3 Å². The van der Waals surface area contributed by atoms with E-state index >= 15 is 0 Å². The van der Waals surface area contributed by atoms with Crippen molar-refractivity contribution in [2.45, 2.75) is 6.61 Å². The van der Waals surface area contributed by atoms with Gasteiger partial charge in [-0.3, -0.25) is 0 Å². The number of halogens is 3. The summed E-state index contributed by atoms with van der Waals surface area (Å²) in [6, 6.07) is 11.0. The van der Waals surface area contributed by atoms with E-state index in [2.05, 4.69) is 21.1 Å². The first-order valence-electron chi connectivity index (χ1n) is 6.42. The maximum absolute atomic E-state index is 13.9. The molecule has 22 heavy (non-hydrogen) atoms. The van der Waals surface area contributed by atoms with Crippen LogP contribution in [0.5, 0.6) is 0 Å². The molecule has 3 aromatic rings. The van der Waals surface area contributed by atoms with Crippen molar-refractivity contribution in [3.05, 3.63) is 64.1 Å². The highest BCUT2D eigenvalue weighted by atomic mass is 79.9. The highest BCUT2D eigenvalue weighted by molar-refractivity contribution is 9.10. The second kappa shape index (κ2) is 5.98. The molecule has 112 valence electrons. The van der Waals surface area contributed by atoms with E-state index in [-0.39, 0.29) is 11.3 Å². The highest BCUT2D eigenvalue weighted by Gasteiger charge is 2.22. The summed E-state index contributed by atoms with van der Waals surface area (Å²) in [6.45, 7) is -0.411. The van der Waals surface area contributed by atoms with Crippen molar-refractivity contribution < 1.29 is 18.4 Å². The molecule has 1 N–H and O–H groups in total. The first-order chi connectivity index (χ1) is 10.6. The molecule has 0 radical (unpaired) electrons. The Morgan fingerprint density at radius 1 is 1.05 bits per heavy atom. The standard InChI is InChI=1S/C16H10BrF2NO2/c17-12-6-2-1-4-9(12)15-11(8-21)16(22-20-15)10-5-3-7-13(18)14(10)19/h1-7,21H,8H2. The summed E-state index contributed by atoms with van der Waals surface area (Å²) in [7, 11) is 0. The fourth-order valence-electron chi connectivity index (χ4n) is 2.21. The predicted molar refractivity (Wildman–Crippen MR) is 80.9 cm³/mol. The van der Waals surface area contributed by atoms with Crippen molar-refractivity contribution in [3.63, 3.8) is 0 Å². The minimum Gasteiger partial charge on any atom is -0.391 e. The van der Waals surface area contributed by atoms with Gasteiger partial charge in [-0.15, -0.1) is 0 Å². The molecule has 2 aromatic carbocycles. The predicted octanol–water partition coefficient (Wildman–Crippen LogP) is 4.54. The number of aliphatic hydroxyl groups excluding tert-OH is 1. The first-order valence-corrected chi connectivity index (χ1v) is 7.21. The zero-order valence-electron chi connectivity index (χ0n) is 11.2. The normalized spacial score (nSPS) is 10.9. The lowest BCUT2D eigenvalue weighted by molar-refractivity contribution is 0.281. The van der Waals surface area contributed by atoms with Crippen LogP contribution in [0.15, 0.2) is 51.5 Å². The molecule has 0 aliphatic heterocycles.